The molecule has 1 rings (SSSR count). The van der Waals surface area contributed by atoms with Crippen molar-refractivity contribution in [1.82, 2.24) is 5.32 Å². The third-order valence-corrected chi connectivity index (χ3v) is 4.05. The maximum absolute atomic E-state index is 11.6. The Hall–Kier alpha value is -0.570. The molecular formula is C13H26N2O. The van der Waals surface area contributed by atoms with Crippen LogP contribution in [0, 0.1) is 5.92 Å². The second kappa shape index (κ2) is 6.24. The van der Waals surface area contributed by atoms with Crippen LogP contribution < -0.4 is 11.1 Å². The van der Waals surface area contributed by atoms with Crippen LogP contribution in [0.15, 0.2) is 0 Å². The van der Waals surface area contributed by atoms with Crippen molar-refractivity contribution in [1.29, 1.82) is 0 Å². The van der Waals surface area contributed by atoms with E-state index in [1.807, 2.05) is 0 Å². The molecule has 3 heteroatoms. The summed E-state index contributed by atoms with van der Waals surface area (Å²) in [6.07, 6.45) is 7.54. The van der Waals surface area contributed by atoms with Crippen molar-refractivity contribution in [3.8, 4) is 0 Å². The molecule has 94 valence electrons. The van der Waals surface area contributed by atoms with Gasteiger partial charge in [0.05, 0.1) is 0 Å². The topological polar surface area (TPSA) is 55.1 Å². The van der Waals surface area contributed by atoms with Gasteiger partial charge in [-0.15, -0.1) is 0 Å². The van der Waals surface area contributed by atoms with E-state index in [0.717, 1.165) is 25.2 Å². The molecule has 1 saturated carbocycles. The van der Waals surface area contributed by atoms with Crippen molar-refractivity contribution >= 4 is 5.91 Å². The number of rotatable bonds is 7. The predicted octanol–water partition coefficient (Wildman–Crippen LogP) is 2.20. The zero-order valence-corrected chi connectivity index (χ0v) is 10.7. The summed E-state index contributed by atoms with van der Waals surface area (Å²) in [6, 6.07) is 0. The molecule has 0 saturated heterocycles. The number of hydrogen-bond acceptors (Lipinski definition) is 2. The van der Waals surface area contributed by atoms with Gasteiger partial charge in [0.1, 0.15) is 0 Å². The van der Waals surface area contributed by atoms with Crippen molar-refractivity contribution in [2.45, 2.75) is 64.3 Å². The molecular weight excluding hydrogens is 200 g/mol. The van der Waals surface area contributed by atoms with E-state index < -0.39 is 0 Å². The predicted molar refractivity (Wildman–Crippen MR) is 67.1 cm³/mol. The molecule has 3 N–H and O–H groups in total. The fourth-order valence-corrected chi connectivity index (χ4v) is 1.98. The van der Waals surface area contributed by atoms with Crippen molar-refractivity contribution < 1.29 is 4.79 Å². The fourth-order valence-electron chi connectivity index (χ4n) is 1.98. The summed E-state index contributed by atoms with van der Waals surface area (Å²) in [4.78, 5) is 11.6. The van der Waals surface area contributed by atoms with Crippen LogP contribution in [0.5, 0.6) is 0 Å². The van der Waals surface area contributed by atoms with Gasteiger partial charge in [-0.05, 0) is 25.2 Å². The van der Waals surface area contributed by atoms with E-state index >= 15 is 0 Å². The lowest BCUT2D eigenvalue weighted by Crippen LogP contribution is -2.49. The van der Waals surface area contributed by atoms with Crippen molar-refractivity contribution in [3.05, 3.63) is 0 Å². The van der Waals surface area contributed by atoms with Crippen LogP contribution in [0.2, 0.25) is 0 Å². The van der Waals surface area contributed by atoms with Gasteiger partial charge >= 0.3 is 0 Å². The van der Waals surface area contributed by atoms with E-state index in [2.05, 4.69) is 19.2 Å². The largest absolute Gasteiger partial charge is 0.354 e. The number of nitrogens with two attached hydrogens (primary N) is 1. The van der Waals surface area contributed by atoms with E-state index in [0.29, 0.717) is 13.0 Å². The molecule has 0 atom stereocenters. The molecule has 0 aliphatic heterocycles. The number of carbonyl (C=O) groups is 1. The minimum atomic E-state index is -0.216. The fraction of sp³-hybridized carbons (Fsp3) is 0.923. The lowest BCUT2D eigenvalue weighted by Gasteiger charge is -2.28. The van der Waals surface area contributed by atoms with Crippen molar-refractivity contribution in [2.75, 3.05) is 6.54 Å². The van der Waals surface area contributed by atoms with Crippen LogP contribution in [0.4, 0.5) is 0 Å². The Kier molecular flexibility index (Phi) is 5.26. The molecule has 0 aromatic heterocycles. The first kappa shape index (κ1) is 13.5. The Morgan fingerprint density at radius 1 is 1.38 bits per heavy atom. The summed E-state index contributed by atoms with van der Waals surface area (Å²) in [6.45, 7) is 4.76. The molecule has 1 fully saturated rings. The third kappa shape index (κ3) is 4.12. The van der Waals surface area contributed by atoms with Gasteiger partial charge in [-0.3, -0.25) is 4.79 Å². The highest BCUT2D eigenvalue weighted by Crippen LogP contribution is 2.30. The number of nitrogens with one attached hydrogen (secondary N) is 1. The number of hydrogen-bond donors (Lipinski definition) is 2. The van der Waals surface area contributed by atoms with Crippen LogP contribution in [0.3, 0.4) is 0 Å². The molecule has 16 heavy (non-hydrogen) atoms. The summed E-state index contributed by atoms with van der Waals surface area (Å²) in [7, 11) is 0. The smallest absolute Gasteiger partial charge is 0.220 e. The van der Waals surface area contributed by atoms with Gasteiger partial charge in [-0.1, -0.05) is 33.1 Å². The lowest BCUT2D eigenvalue weighted by molar-refractivity contribution is -0.121. The van der Waals surface area contributed by atoms with Gasteiger partial charge in [0.15, 0.2) is 0 Å². The Balaban J connectivity index is 2.13. The highest BCUT2D eigenvalue weighted by atomic mass is 16.1. The lowest BCUT2D eigenvalue weighted by atomic mass is 9.82. The Morgan fingerprint density at radius 2 is 2.00 bits per heavy atom. The van der Waals surface area contributed by atoms with E-state index in [4.69, 9.17) is 5.73 Å². The van der Waals surface area contributed by atoms with Crippen LogP contribution in [-0.2, 0) is 4.79 Å². The average Bonchev–Trinajstić information content (AvgIpc) is 2.24. The monoisotopic (exact) mass is 226 g/mol. The zero-order chi connectivity index (χ0) is 12.0. The molecule has 0 unspecified atom stereocenters. The molecule has 3 nitrogen and oxygen atoms in total. The Bertz CT molecular complexity index is 220. The van der Waals surface area contributed by atoms with E-state index in [1.54, 1.807) is 0 Å². The zero-order valence-electron chi connectivity index (χ0n) is 10.7. The van der Waals surface area contributed by atoms with Gasteiger partial charge in [0, 0.05) is 18.5 Å². The van der Waals surface area contributed by atoms with Gasteiger partial charge in [-0.2, -0.15) is 0 Å². The summed E-state index contributed by atoms with van der Waals surface area (Å²) < 4.78 is 0. The van der Waals surface area contributed by atoms with Crippen LogP contribution >= 0.6 is 0 Å². The second-order valence-corrected chi connectivity index (χ2v) is 5.18. The Labute approximate surface area is 99.2 Å². The van der Waals surface area contributed by atoms with Crippen LogP contribution in [-0.4, -0.2) is 18.0 Å². The molecule has 0 aromatic carbocycles. The first-order valence-electron chi connectivity index (χ1n) is 6.65. The second-order valence-electron chi connectivity index (χ2n) is 5.18. The minimum Gasteiger partial charge on any atom is -0.354 e. The van der Waals surface area contributed by atoms with E-state index in [9.17, 15) is 4.79 Å². The van der Waals surface area contributed by atoms with Gasteiger partial charge < -0.3 is 11.1 Å². The molecule has 1 amide bonds. The first-order chi connectivity index (χ1) is 7.59. The van der Waals surface area contributed by atoms with E-state index in [1.165, 1.54) is 19.3 Å². The Morgan fingerprint density at radius 3 is 2.44 bits per heavy atom. The van der Waals surface area contributed by atoms with Crippen LogP contribution in [0.1, 0.15) is 58.8 Å². The van der Waals surface area contributed by atoms with Gasteiger partial charge in [0.2, 0.25) is 5.91 Å². The molecule has 0 bridgehead atoms. The molecule has 0 radical (unpaired) electrons. The van der Waals surface area contributed by atoms with Crippen LogP contribution in [0.25, 0.3) is 0 Å². The highest BCUT2D eigenvalue weighted by molar-refractivity contribution is 5.75. The van der Waals surface area contributed by atoms with Crippen molar-refractivity contribution in [3.63, 3.8) is 0 Å². The third-order valence-electron chi connectivity index (χ3n) is 4.05. The van der Waals surface area contributed by atoms with E-state index in [-0.39, 0.29) is 11.4 Å². The quantitative estimate of drug-likeness (QED) is 0.699. The normalized spacial score (nSPS) is 16.9. The molecule has 0 spiro atoms. The summed E-state index contributed by atoms with van der Waals surface area (Å²) >= 11 is 0. The maximum Gasteiger partial charge on any atom is 0.220 e. The SMILES string of the molecule is CCC(N)(CC)CNC(=O)CCC1CCC1. The molecule has 0 heterocycles. The number of carbonyl (C=O) groups excluding carboxylic acids is 1. The molecule has 1 aliphatic carbocycles. The average molecular weight is 226 g/mol. The molecule has 0 aromatic rings. The number of amides is 1. The van der Waals surface area contributed by atoms with Crippen molar-refractivity contribution in [2.24, 2.45) is 11.7 Å². The standard InChI is InChI=1S/C13H26N2O/c1-3-13(14,4-2)10-15-12(16)9-8-11-6-5-7-11/h11H,3-10,14H2,1-2H3,(H,15,16). The summed E-state index contributed by atoms with van der Waals surface area (Å²) in [5, 5.41) is 2.96. The summed E-state index contributed by atoms with van der Waals surface area (Å²) in [5.74, 6) is 0.981. The maximum atomic E-state index is 11.6. The minimum absolute atomic E-state index is 0.170. The molecule has 1 aliphatic rings. The first-order valence-corrected chi connectivity index (χ1v) is 6.65. The highest BCUT2D eigenvalue weighted by Gasteiger charge is 2.22. The summed E-state index contributed by atoms with van der Waals surface area (Å²) in [5.41, 5.74) is 5.91. The van der Waals surface area contributed by atoms with Gasteiger partial charge in [-0.25, -0.2) is 0 Å². The van der Waals surface area contributed by atoms with Gasteiger partial charge in [0.25, 0.3) is 0 Å².